The van der Waals surface area contributed by atoms with E-state index in [2.05, 4.69) is 5.32 Å². The van der Waals surface area contributed by atoms with Crippen molar-refractivity contribution < 1.29 is 10.2 Å². The second kappa shape index (κ2) is 7.20. The summed E-state index contributed by atoms with van der Waals surface area (Å²) in [5, 5.41) is 23.2. The minimum Gasteiger partial charge on any atom is -0.395 e. The van der Waals surface area contributed by atoms with Gasteiger partial charge in [-0.25, -0.2) is 0 Å². The van der Waals surface area contributed by atoms with Crippen molar-refractivity contribution in [2.45, 2.75) is 25.1 Å². The van der Waals surface area contributed by atoms with Gasteiger partial charge in [0.2, 0.25) is 0 Å². The third-order valence-corrected chi connectivity index (χ3v) is 3.35. The van der Waals surface area contributed by atoms with Crippen molar-refractivity contribution in [3.05, 3.63) is 71.8 Å². The van der Waals surface area contributed by atoms with Crippen LogP contribution in [0.5, 0.6) is 0 Å². The minimum atomic E-state index is -0.660. The topological polar surface area (TPSA) is 52.5 Å². The van der Waals surface area contributed by atoms with Crippen molar-refractivity contribution >= 4 is 0 Å². The molecule has 2 rings (SSSR count). The van der Waals surface area contributed by atoms with Crippen LogP contribution in [0.2, 0.25) is 0 Å². The number of hydrogen-bond donors (Lipinski definition) is 3. The highest BCUT2D eigenvalue weighted by atomic mass is 16.3. The van der Waals surface area contributed by atoms with Gasteiger partial charge in [-0.15, -0.1) is 0 Å². The summed E-state index contributed by atoms with van der Waals surface area (Å²) in [5.74, 6) is 0. The Morgan fingerprint density at radius 2 is 1.40 bits per heavy atom. The lowest BCUT2D eigenvalue weighted by molar-refractivity contribution is 0.114. The Hall–Kier alpha value is -1.68. The maximum Gasteiger partial charge on any atom is 0.0984 e. The van der Waals surface area contributed by atoms with E-state index < -0.39 is 6.10 Å². The van der Waals surface area contributed by atoms with E-state index in [-0.39, 0.29) is 18.7 Å². The number of rotatable bonds is 6. The number of hydrogen-bond acceptors (Lipinski definition) is 3. The third kappa shape index (κ3) is 3.67. The highest BCUT2D eigenvalue weighted by molar-refractivity contribution is 5.26. The molecule has 2 aromatic rings. The smallest absolute Gasteiger partial charge is 0.0984 e. The first-order valence-corrected chi connectivity index (χ1v) is 6.87. The second-order valence-electron chi connectivity index (χ2n) is 4.99. The standard InChI is InChI=1S/C17H21NO2/c1-13(12-19)18-16(14-8-4-2-5-9-14)17(20)15-10-6-3-7-11-15/h2-11,13,16-20H,12H2,1H3. The first kappa shape index (κ1) is 14.7. The fraction of sp³-hybridized carbons (Fsp3) is 0.294. The molecule has 0 amide bonds. The molecule has 0 heterocycles. The average molecular weight is 271 g/mol. The summed E-state index contributed by atoms with van der Waals surface area (Å²) in [6.07, 6.45) is -0.660. The zero-order chi connectivity index (χ0) is 14.4. The SMILES string of the molecule is CC(CO)NC(c1ccccc1)C(O)c1ccccc1. The molecule has 2 aromatic carbocycles. The minimum absolute atomic E-state index is 0.0326. The van der Waals surface area contributed by atoms with Crippen molar-refractivity contribution in [3.8, 4) is 0 Å². The Labute approximate surface area is 119 Å². The van der Waals surface area contributed by atoms with Crippen molar-refractivity contribution in [1.82, 2.24) is 5.32 Å². The predicted molar refractivity (Wildman–Crippen MR) is 80.3 cm³/mol. The molecule has 0 bridgehead atoms. The molecule has 0 aliphatic rings. The molecule has 0 aliphatic heterocycles. The number of aliphatic hydroxyl groups excluding tert-OH is 2. The van der Waals surface area contributed by atoms with E-state index in [1.165, 1.54) is 0 Å². The van der Waals surface area contributed by atoms with E-state index in [1.54, 1.807) is 0 Å². The normalized spacial score (nSPS) is 15.6. The third-order valence-electron chi connectivity index (χ3n) is 3.35. The number of benzene rings is 2. The summed E-state index contributed by atoms with van der Waals surface area (Å²) in [4.78, 5) is 0. The number of aliphatic hydroxyl groups is 2. The largest absolute Gasteiger partial charge is 0.395 e. The molecule has 3 N–H and O–H groups in total. The van der Waals surface area contributed by atoms with Gasteiger partial charge in [-0.1, -0.05) is 60.7 Å². The van der Waals surface area contributed by atoms with Gasteiger partial charge in [-0.05, 0) is 18.1 Å². The Balaban J connectivity index is 2.27. The van der Waals surface area contributed by atoms with Crippen molar-refractivity contribution in [3.63, 3.8) is 0 Å². The van der Waals surface area contributed by atoms with Gasteiger partial charge in [0.05, 0.1) is 18.8 Å². The lowest BCUT2D eigenvalue weighted by Gasteiger charge is -2.27. The molecule has 0 radical (unpaired) electrons. The average Bonchev–Trinajstić information content (AvgIpc) is 2.53. The van der Waals surface area contributed by atoms with E-state index in [9.17, 15) is 10.2 Å². The molecule has 0 aliphatic carbocycles. The monoisotopic (exact) mass is 271 g/mol. The van der Waals surface area contributed by atoms with Crippen LogP contribution in [0.15, 0.2) is 60.7 Å². The Morgan fingerprint density at radius 1 is 0.900 bits per heavy atom. The maximum atomic E-state index is 10.6. The van der Waals surface area contributed by atoms with Crippen LogP contribution in [-0.4, -0.2) is 22.9 Å². The van der Waals surface area contributed by atoms with Crippen LogP contribution in [0.4, 0.5) is 0 Å². The highest BCUT2D eigenvalue weighted by Gasteiger charge is 2.23. The van der Waals surface area contributed by atoms with Crippen LogP contribution in [0.25, 0.3) is 0 Å². The summed E-state index contributed by atoms with van der Waals surface area (Å²) in [6.45, 7) is 1.93. The summed E-state index contributed by atoms with van der Waals surface area (Å²) in [5.41, 5.74) is 1.86. The van der Waals surface area contributed by atoms with Crippen LogP contribution >= 0.6 is 0 Å². The van der Waals surface area contributed by atoms with Crippen LogP contribution in [0, 0.1) is 0 Å². The highest BCUT2D eigenvalue weighted by Crippen LogP contribution is 2.28. The molecule has 3 nitrogen and oxygen atoms in total. The summed E-state index contributed by atoms with van der Waals surface area (Å²) >= 11 is 0. The number of nitrogens with one attached hydrogen (secondary N) is 1. The van der Waals surface area contributed by atoms with Gasteiger partial charge in [0.25, 0.3) is 0 Å². The molecule has 0 fully saturated rings. The zero-order valence-electron chi connectivity index (χ0n) is 11.6. The van der Waals surface area contributed by atoms with E-state index in [0.717, 1.165) is 11.1 Å². The molecule has 0 saturated carbocycles. The van der Waals surface area contributed by atoms with Crippen molar-refractivity contribution in [2.24, 2.45) is 0 Å². The summed E-state index contributed by atoms with van der Waals surface area (Å²) < 4.78 is 0. The summed E-state index contributed by atoms with van der Waals surface area (Å²) in [6, 6.07) is 19.0. The quantitative estimate of drug-likeness (QED) is 0.756. The van der Waals surface area contributed by atoms with Gasteiger partial charge >= 0.3 is 0 Å². The first-order valence-electron chi connectivity index (χ1n) is 6.87. The van der Waals surface area contributed by atoms with Crippen LogP contribution in [0.3, 0.4) is 0 Å². The second-order valence-corrected chi connectivity index (χ2v) is 4.99. The van der Waals surface area contributed by atoms with Crippen molar-refractivity contribution in [2.75, 3.05) is 6.61 Å². The molecule has 3 heteroatoms. The Bertz CT molecular complexity index is 501. The maximum absolute atomic E-state index is 10.6. The predicted octanol–water partition coefficient (Wildman–Crippen LogP) is 2.43. The van der Waals surface area contributed by atoms with Crippen molar-refractivity contribution in [1.29, 1.82) is 0 Å². The van der Waals surface area contributed by atoms with Gasteiger partial charge in [0.15, 0.2) is 0 Å². The fourth-order valence-corrected chi connectivity index (χ4v) is 2.23. The van der Waals surface area contributed by atoms with Gasteiger partial charge in [0, 0.05) is 6.04 Å². The zero-order valence-corrected chi connectivity index (χ0v) is 11.6. The van der Waals surface area contributed by atoms with E-state index >= 15 is 0 Å². The molecule has 0 saturated heterocycles. The Kier molecular flexibility index (Phi) is 5.30. The summed E-state index contributed by atoms with van der Waals surface area (Å²) in [7, 11) is 0. The molecule has 20 heavy (non-hydrogen) atoms. The van der Waals surface area contributed by atoms with E-state index in [0.29, 0.717) is 0 Å². The van der Waals surface area contributed by atoms with E-state index in [4.69, 9.17) is 0 Å². The molecular weight excluding hydrogens is 250 g/mol. The lowest BCUT2D eigenvalue weighted by Crippen LogP contribution is -2.36. The van der Waals surface area contributed by atoms with Gasteiger partial charge in [-0.2, -0.15) is 0 Å². The van der Waals surface area contributed by atoms with Crippen LogP contribution in [0.1, 0.15) is 30.2 Å². The van der Waals surface area contributed by atoms with Gasteiger partial charge in [-0.3, -0.25) is 0 Å². The van der Waals surface area contributed by atoms with Crippen LogP contribution in [-0.2, 0) is 0 Å². The molecule has 3 atom stereocenters. The Morgan fingerprint density at radius 3 is 1.90 bits per heavy atom. The van der Waals surface area contributed by atoms with E-state index in [1.807, 2.05) is 67.6 Å². The molecule has 3 unspecified atom stereocenters. The molecule has 106 valence electrons. The molecule has 0 spiro atoms. The lowest BCUT2D eigenvalue weighted by atomic mass is 9.95. The fourth-order valence-electron chi connectivity index (χ4n) is 2.23. The molecular formula is C17H21NO2. The van der Waals surface area contributed by atoms with Gasteiger partial charge < -0.3 is 15.5 Å². The van der Waals surface area contributed by atoms with Crippen LogP contribution < -0.4 is 5.32 Å². The van der Waals surface area contributed by atoms with Gasteiger partial charge in [0.1, 0.15) is 0 Å². The molecule has 0 aromatic heterocycles. The first-order chi connectivity index (χ1) is 9.72.